The lowest BCUT2D eigenvalue weighted by Gasteiger charge is -2.14. The summed E-state index contributed by atoms with van der Waals surface area (Å²) >= 11 is 0. The van der Waals surface area contributed by atoms with Crippen LogP contribution in [0.4, 0.5) is 11.4 Å². The summed E-state index contributed by atoms with van der Waals surface area (Å²) in [6.07, 6.45) is 0. The van der Waals surface area contributed by atoms with E-state index in [4.69, 9.17) is 14.2 Å². The number of carbonyl (C=O) groups is 1. The molecule has 184 valence electrons. The maximum absolute atomic E-state index is 12.4. The van der Waals surface area contributed by atoms with Crippen LogP contribution in [0.5, 0.6) is 23.0 Å². The topological polar surface area (TPSA) is 68.8 Å². The number of rotatable bonds is 10. The number of nitrogens with one attached hydrogen (secondary N) is 2. The highest BCUT2D eigenvalue weighted by atomic mass is 16.5. The van der Waals surface area contributed by atoms with Crippen molar-refractivity contribution in [2.24, 2.45) is 0 Å². The van der Waals surface area contributed by atoms with Crippen LogP contribution >= 0.6 is 0 Å². The summed E-state index contributed by atoms with van der Waals surface area (Å²) in [5.74, 6) is 2.43. The minimum absolute atomic E-state index is 0.112. The van der Waals surface area contributed by atoms with Gasteiger partial charge in [0.05, 0.1) is 7.11 Å². The molecule has 0 atom stereocenters. The van der Waals surface area contributed by atoms with Crippen LogP contribution in [0.15, 0.2) is 91.0 Å². The molecule has 0 bridgehead atoms. The van der Waals surface area contributed by atoms with Gasteiger partial charge < -0.3 is 24.8 Å². The number of para-hydroxylation sites is 1. The third-order valence-corrected chi connectivity index (χ3v) is 5.80. The summed E-state index contributed by atoms with van der Waals surface area (Å²) in [7, 11) is 1.58. The van der Waals surface area contributed by atoms with Gasteiger partial charge in [0.25, 0.3) is 5.91 Å². The van der Waals surface area contributed by atoms with Gasteiger partial charge in [-0.3, -0.25) is 4.79 Å². The van der Waals surface area contributed by atoms with Crippen molar-refractivity contribution in [3.05, 3.63) is 108 Å². The van der Waals surface area contributed by atoms with E-state index in [0.29, 0.717) is 18.0 Å². The van der Waals surface area contributed by atoms with Crippen molar-refractivity contribution in [1.29, 1.82) is 0 Å². The van der Waals surface area contributed by atoms with Crippen LogP contribution in [-0.4, -0.2) is 19.6 Å². The molecule has 0 spiro atoms. The van der Waals surface area contributed by atoms with Gasteiger partial charge in [0.2, 0.25) is 0 Å². The summed E-state index contributed by atoms with van der Waals surface area (Å²) in [6.45, 7) is 4.48. The van der Waals surface area contributed by atoms with E-state index in [9.17, 15) is 4.79 Å². The summed E-state index contributed by atoms with van der Waals surface area (Å²) < 4.78 is 17.1. The first-order valence-electron chi connectivity index (χ1n) is 11.7. The first-order valence-corrected chi connectivity index (χ1v) is 11.7. The smallest absolute Gasteiger partial charge is 0.262 e. The molecule has 0 unspecified atom stereocenters. The summed E-state index contributed by atoms with van der Waals surface area (Å²) in [6, 6.07) is 29.0. The predicted octanol–water partition coefficient (Wildman–Crippen LogP) is 6.73. The van der Waals surface area contributed by atoms with E-state index < -0.39 is 0 Å². The Kier molecular flexibility index (Phi) is 8.08. The Morgan fingerprint density at radius 3 is 2.31 bits per heavy atom. The van der Waals surface area contributed by atoms with Gasteiger partial charge in [0, 0.05) is 17.9 Å². The zero-order valence-corrected chi connectivity index (χ0v) is 20.7. The molecule has 0 aromatic heterocycles. The van der Waals surface area contributed by atoms with Crippen molar-refractivity contribution >= 4 is 17.3 Å². The number of hydrogen-bond donors (Lipinski definition) is 2. The Labute approximate surface area is 211 Å². The zero-order valence-electron chi connectivity index (χ0n) is 20.7. The fourth-order valence-corrected chi connectivity index (χ4v) is 3.63. The van der Waals surface area contributed by atoms with Crippen molar-refractivity contribution < 1.29 is 19.0 Å². The van der Waals surface area contributed by atoms with Crippen molar-refractivity contribution in [2.75, 3.05) is 24.4 Å². The van der Waals surface area contributed by atoms with E-state index in [1.807, 2.05) is 105 Å². The molecule has 0 saturated heterocycles. The number of benzene rings is 4. The molecule has 0 heterocycles. The molecule has 0 aliphatic rings. The second-order valence-electron chi connectivity index (χ2n) is 8.36. The molecule has 0 fully saturated rings. The average molecular weight is 483 g/mol. The van der Waals surface area contributed by atoms with Gasteiger partial charge in [-0.2, -0.15) is 0 Å². The molecule has 0 aliphatic heterocycles. The maximum Gasteiger partial charge on any atom is 0.262 e. The van der Waals surface area contributed by atoms with Gasteiger partial charge >= 0.3 is 0 Å². The number of carbonyl (C=O) groups excluding carboxylic acids is 1. The van der Waals surface area contributed by atoms with Gasteiger partial charge in [-0.1, -0.05) is 36.4 Å². The molecule has 1 amide bonds. The van der Waals surface area contributed by atoms with E-state index in [1.54, 1.807) is 7.11 Å². The molecule has 4 rings (SSSR count). The number of methoxy groups -OCH3 is 1. The van der Waals surface area contributed by atoms with Crippen LogP contribution in [0.2, 0.25) is 0 Å². The first kappa shape index (κ1) is 24.7. The van der Waals surface area contributed by atoms with Crippen molar-refractivity contribution in [1.82, 2.24) is 0 Å². The van der Waals surface area contributed by atoms with E-state index in [2.05, 4.69) is 10.6 Å². The Bertz CT molecular complexity index is 1300. The molecular weight excluding hydrogens is 452 g/mol. The minimum atomic E-state index is -0.226. The Morgan fingerprint density at radius 2 is 1.56 bits per heavy atom. The highest BCUT2D eigenvalue weighted by molar-refractivity contribution is 5.92. The normalized spacial score (nSPS) is 10.4. The third kappa shape index (κ3) is 6.57. The Balaban J connectivity index is 1.30. The van der Waals surface area contributed by atoms with E-state index in [1.165, 1.54) is 0 Å². The van der Waals surface area contributed by atoms with Crippen LogP contribution in [0.3, 0.4) is 0 Å². The predicted molar refractivity (Wildman–Crippen MR) is 143 cm³/mol. The molecule has 0 radical (unpaired) electrons. The molecule has 6 nitrogen and oxygen atoms in total. The molecule has 2 N–H and O–H groups in total. The van der Waals surface area contributed by atoms with E-state index in [-0.39, 0.29) is 12.5 Å². The maximum atomic E-state index is 12.4. The number of hydrogen-bond acceptors (Lipinski definition) is 5. The zero-order chi connectivity index (χ0) is 25.3. The SMILES string of the molecule is COc1cc(CNc2ccc(Oc3ccccc3)cc2)ccc1OCC(=O)Nc1cccc(C)c1C. The van der Waals surface area contributed by atoms with Gasteiger partial charge in [-0.15, -0.1) is 0 Å². The lowest BCUT2D eigenvalue weighted by Crippen LogP contribution is -2.21. The standard InChI is InChI=1S/C30H30N2O4/c1-21-8-7-11-27(22(21)2)32-30(33)20-35-28-17-12-23(18-29(28)34-3)19-31-24-13-15-26(16-14-24)36-25-9-5-4-6-10-25/h4-18,31H,19-20H2,1-3H3,(H,32,33). The van der Waals surface area contributed by atoms with Crippen molar-refractivity contribution in [3.8, 4) is 23.0 Å². The van der Waals surface area contributed by atoms with E-state index >= 15 is 0 Å². The monoisotopic (exact) mass is 482 g/mol. The van der Waals surface area contributed by atoms with Gasteiger partial charge in [0.15, 0.2) is 18.1 Å². The van der Waals surface area contributed by atoms with Gasteiger partial charge in [0.1, 0.15) is 11.5 Å². The van der Waals surface area contributed by atoms with Crippen LogP contribution in [-0.2, 0) is 11.3 Å². The average Bonchev–Trinajstić information content (AvgIpc) is 2.90. The van der Waals surface area contributed by atoms with Gasteiger partial charge in [-0.05, 0) is 85.1 Å². The molecular formula is C30H30N2O4. The van der Waals surface area contributed by atoms with Crippen molar-refractivity contribution in [2.45, 2.75) is 20.4 Å². The molecule has 0 aliphatic carbocycles. The molecule has 6 heteroatoms. The van der Waals surface area contributed by atoms with E-state index in [0.717, 1.165) is 39.6 Å². The number of anilines is 2. The van der Waals surface area contributed by atoms with Gasteiger partial charge in [-0.25, -0.2) is 0 Å². The number of aryl methyl sites for hydroxylation is 1. The van der Waals surface area contributed by atoms with Crippen LogP contribution in [0, 0.1) is 13.8 Å². The lowest BCUT2D eigenvalue weighted by atomic mass is 10.1. The van der Waals surface area contributed by atoms with Crippen LogP contribution < -0.4 is 24.8 Å². The molecule has 0 saturated carbocycles. The number of ether oxygens (including phenoxy) is 3. The Hall–Kier alpha value is -4.45. The van der Waals surface area contributed by atoms with Crippen LogP contribution in [0.25, 0.3) is 0 Å². The third-order valence-electron chi connectivity index (χ3n) is 5.80. The summed E-state index contributed by atoms with van der Waals surface area (Å²) in [4.78, 5) is 12.4. The lowest BCUT2D eigenvalue weighted by molar-refractivity contribution is -0.118. The fourth-order valence-electron chi connectivity index (χ4n) is 3.63. The quantitative estimate of drug-likeness (QED) is 0.262. The minimum Gasteiger partial charge on any atom is -0.493 e. The van der Waals surface area contributed by atoms with Crippen molar-refractivity contribution in [3.63, 3.8) is 0 Å². The first-order chi connectivity index (χ1) is 17.5. The summed E-state index contributed by atoms with van der Waals surface area (Å²) in [5, 5.41) is 6.30. The van der Waals surface area contributed by atoms with Crippen LogP contribution in [0.1, 0.15) is 16.7 Å². The second-order valence-corrected chi connectivity index (χ2v) is 8.36. The molecule has 4 aromatic carbocycles. The summed E-state index contributed by atoms with van der Waals surface area (Å²) in [5.41, 5.74) is 4.94. The molecule has 4 aromatic rings. The highest BCUT2D eigenvalue weighted by Crippen LogP contribution is 2.29. The second kappa shape index (κ2) is 11.8. The largest absolute Gasteiger partial charge is 0.493 e. The highest BCUT2D eigenvalue weighted by Gasteiger charge is 2.11. The Morgan fingerprint density at radius 1 is 0.806 bits per heavy atom. The molecule has 36 heavy (non-hydrogen) atoms. The fraction of sp³-hybridized carbons (Fsp3) is 0.167. The number of amides is 1.